The molecule has 5 heterocycles. The minimum atomic E-state index is -3.00. The summed E-state index contributed by atoms with van der Waals surface area (Å²) >= 11 is 0. The monoisotopic (exact) mass is 912 g/mol. The number of aryl methyl sites for hydroxylation is 1. The summed E-state index contributed by atoms with van der Waals surface area (Å²) in [6.07, 6.45) is 7.65. The van der Waals surface area contributed by atoms with Gasteiger partial charge in [-0.1, -0.05) is 34.1 Å². The molecule has 66 heavy (non-hydrogen) atoms. The lowest BCUT2D eigenvalue weighted by atomic mass is 9.63. The van der Waals surface area contributed by atoms with Gasteiger partial charge in [0.2, 0.25) is 11.8 Å². The van der Waals surface area contributed by atoms with Gasteiger partial charge in [-0.2, -0.15) is 0 Å². The number of ether oxygens (including phenoxy) is 4. The van der Waals surface area contributed by atoms with E-state index in [1.165, 1.54) is 19.1 Å². The van der Waals surface area contributed by atoms with Crippen molar-refractivity contribution in [1.82, 2.24) is 40.4 Å². The molecular weight excluding hydrogens is 855 g/mol. The molecule has 2 unspecified atom stereocenters. The van der Waals surface area contributed by atoms with Crippen LogP contribution in [0.1, 0.15) is 90.7 Å². The van der Waals surface area contributed by atoms with Crippen molar-refractivity contribution in [3.63, 3.8) is 0 Å². The quantitative estimate of drug-likeness (QED) is 0.0792. The predicted octanol–water partition coefficient (Wildman–Crippen LogP) is 8.10. The van der Waals surface area contributed by atoms with Crippen LogP contribution in [-0.4, -0.2) is 111 Å². The van der Waals surface area contributed by atoms with Crippen LogP contribution in [0.3, 0.4) is 0 Å². The Kier molecular flexibility index (Phi) is 11.7. The number of methoxy groups -OCH3 is 2. The third-order valence-corrected chi connectivity index (χ3v) is 14.5. The number of benzene rings is 2. The number of carbonyl (C=O) groups excluding carboxylic acids is 4. The minimum Gasteiger partial charge on any atom is -0.453 e. The first-order valence-electron chi connectivity index (χ1n) is 23.0. The molecule has 4 amide bonds. The Morgan fingerprint density at radius 1 is 0.803 bits per heavy atom. The van der Waals surface area contributed by atoms with E-state index in [2.05, 4.69) is 30.3 Å². The fourth-order valence-corrected chi connectivity index (χ4v) is 11.1. The normalized spacial score (nSPS) is 24.1. The largest absolute Gasteiger partial charge is 0.453 e. The van der Waals surface area contributed by atoms with Gasteiger partial charge in [0.1, 0.15) is 23.7 Å². The number of aromatic nitrogens is 4. The standard InChI is InChI=1S/C48H58F2N8O8/c1-26(2)39(55-44(61)63-5)41(59)57-25-47(49,50)22-31(57)10-7-8-11-38-51-23-32(53-38)28-12-14-34-36(18-28)66-37-19-29(13-15-35(37)65-34)33-24-52-43(54-33)48-21-30(48)20-46(48)16-9-17-58(46)42(60)40(27(3)4)56-45(62)64-6/h12-15,18-19,23-24,26-27,30-31,39-40H,7-11,16-17,20-22,25H2,1-6H3,(H,51,53)(H,52,54)(H,55,61)(H,56,62)/t30?,31-,39+,40+,46+,48?/m1/s1. The van der Waals surface area contributed by atoms with Crippen LogP contribution in [0.5, 0.6) is 23.0 Å². The second kappa shape index (κ2) is 17.2. The zero-order valence-corrected chi connectivity index (χ0v) is 38.2. The highest BCUT2D eigenvalue weighted by molar-refractivity contribution is 5.88. The SMILES string of the molecule is COC(=O)N[C@H](C(=O)N1CC(F)(F)C[C@H]1CCCCc1ncc(-c2ccc3c(c2)Oc2cc(-c4cnc(C56CC5C[C@@]65CCCN5C(=O)[C@@H](NC(=O)OC)C(C)C)[nH]4)ccc2O3)[nH]1)C(C)C. The van der Waals surface area contributed by atoms with Crippen molar-refractivity contribution >= 4 is 24.0 Å². The Hall–Kier alpha value is -6.20. The molecule has 2 aromatic heterocycles. The third-order valence-electron chi connectivity index (χ3n) is 14.5. The lowest BCUT2D eigenvalue weighted by Crippen LogP contribution is -2.65. The number of fused-ring (bicyclic) bond motifs is 4. The van der Waals surface area contributed by atoms with Crippen LogP contribution in [0, 0.1) is 17.8 Å². The van der Waals surface area contributed by atoms with Crippen molar-refractivity contribution in [2.24, 2.45) is 17.8 Å². The number of rotatable bonds is 14. The average molecular weight is 913 g/mol. The van der Waals surface area contributed by atoms with Crippen LogP contribution in [0.25, 0.3) is 22.5 Å². The van der Waals surface area contributed by atoms with E-state index in [4.69, 9.17) is 19.2 Å². The van der Waals surface area contributed by atoms with E-state index in [-0.39, 0.29) is 28.7 Å². The van der Waals surface area contributed by atoms with Gasteiger partial charge in [0.15, 0.2) is 23.0 Å². The maximum Gasteiger partial charge on any atom is 0.407 e. The molecule has 352 valence electrons. The zero-order chi connectivity index (χ0) is 46.7. The second-order valence-electron chi connectivity index (χ2n) is 19.3. The van der Waals surface area contributed by atoms with Crippen molar-refractivity contribution in [2.45, 2.75) is 120 Å². The van der Waals surface area contributed by atoms with E-state index in [1.54, 1.807) is 20.0 Å². The number of amides is 4. The molecule has 5 aliphatic rings. The Labute approximate surface area is 381 Å². The van der Waals surface area contributed by atoms with E-state index in [1.807, 2.05) is 61.3 Å². The van der Waals surface area contributed by atoms with Crippen LogP contribution >= 0.6 is 0 Å². The topological polar surface area (TPSA) is 193 Å². The zero-order valence-electron chi connectivity index (χ0n) is 38.2. The van der Waals surface area contributed by atoms with Crippen LogP contribution < -0.4 is 20.1 Å². The van der Waals surface area contributed by atoms with Crippen molar-refractivity contribution in [2.75, 3.05) is 27.3 Å². The smallest absolute Gasteiger partial charge is 0.407 e. The summed E-state index contributed by atoms with van der Waals surface area (Å²) in [6.45, 7) is 7.31. The highest BCUT2D eigenvalue weighted by atomic mass is 19.3. The summed E-state index contributed by atoms with van der Waals surface area (Å²) in [7, 11) is 2.49. The number of carbonyl (C=O) groups is 4. The van der Waals surface area contributed by atoms with Crippen molar-refractivity contribution in [3.8, 4) is 45.5 Å². The van der Waals surface area contributed by atoms with Gasteiger partial charge in [-0.15, -0.1) is 0 Å². The van der Waals surface area contributed by atoms with Gasteiger partial charge in [0, 0.05) is 36.6 Å². The summed E-state index contributed by atoms with van der Waals surface area (Å²) in [4.78, 5) is 71.3. The molecule has 3 aliphatic heterocycles. The molecule has 4 aromatic rings. The van der Waals surface area contributed by atoms with Gasteiger partial charge < -0.3 is 49.3 Å². The molecule has 2 aliphatic carbocycles. The van der Waals surface area contributed by atoms with Crippen molar-refractivity contribution in [1.29, 1.82) is 0 Å². The number of halogens is 2. The van der Waals surface area contributed by atoms with E-state index in [9.17, 15) is 28.0 Å². The second-order valence-corrected chi connectivity index (χ2v) is 19.3. The van der Waals surface area contributed by atoms with E-state index < -0.39 is 55.1 Å². The highest BCUT2D eigenvalue weighted by Gasteiger charge is 2.81. The molecule has 2 aromatic carbocycles. The third kappa shape index (κ3) is 7.99. The van der Waals surface area contributed by atoms with Crippen molar-refractivity contribution < 1.29 is 46.9 Å². The minimum absolute atomic E-state index is 0.0748. The van der Waals surface area contributed by atoms with Gasteiger partial charge in [0.25, 0.3) is 5.92 Å². The molecule has 6 atom stereocenters. The van der Waals surface area contributed by atoms with Gasteiger partial charge in [-0.25, -0.2) is 28.3 Å². The molecule has 2 saturated carbocycles. The molecule has 2 saturated heterocycles. The molecule has 4 fully saturated rings. The van der Waals surface area contributed by atoms with E-state index in [0.717, 1.165) is 59.8 Å². The number of H-pyrrole nitrogens is 2. The highest BCUT2D eigenvalue weighted by Crippen LogP contribution is 2.77. The Balaban J connectivity index is 0.831. The number of hydrogen-bond acceptors (Lipinski definition) is 10. The number of nitrogens with one attached hydrogen (secondary N) is 4. The number of unbranched alkanes of at least 4 members (excludes halogenated alkanes) is 1. The van der Waals surface area contributed by atoms with E-state index in [0.29, 0.717) is 61.1 Å². The van der Waals surface area contributed by atoms with Gasteiger partial charge in [-0.3, -0.25) is 9.59 Å². The molecule has 18 heteroatoms. The molecule has 1 spiro atoms. The molecular formula is C48H58F2N8O8. The maximum atomic E-state index is 14.6. The molecule has 4 N–H and O–H groups in total. The average Bonchev–Trinajstić information content (AvgIpc) is 3.93. The first kappa shape index (κ1) is 45.0. The number of aromatic amines is 2. The van der Waals surface area contributed by atoms with Crippen LogP contribution in [0.15, 0.2) is 48.8 Å². The lowest BCUT2D eigenvalue weighted by molar-refractivity contribution is -0.144. The first-order valence-corrected chi connectivity index (χ1v) is 23.0. The van der Waals surface area contributed by atoms with E-state index >= 15 is 0 Å². The number of nitrogens with zero attached hydrogens (tertiary/aromatic N) is 4. The fourth-order valence-electron chi connectivity index (χ4n) is 11.1. The molecule has 9 rings (SSSR count). The summed E-state index contributed by atoms with van der Waals surface area (Å²) in [5.41, 5.74) is 2.69. The number of hydrogen-bond donors (Lipinski definition) is 4. The number of likely N-dealkylation sites (tertiary alicyclic amines) is 2. The lowest BCUT2D eigenvalue weighted by Gasteiger charge is -2.52. The summed E-state index contributed by atoms with van der Waals surface area (Å²) < 4.78 is 51.5. The first-order chi connectivity index (χ1) is 31.6. The molecule has 0 bridgehead atoms. The van der Waals surface area contributed by atoms with Crippen LogP contribution in [0.4, 0.5) is 18.4 Å². The van der Waals surface area contributed by atoms with Gasteiger partial charge in [-0.05, 0) is 92.7 Å². The summed E-state index contributed by atoms with van der Waals surface area (Å²) in [6, 6.07) is 9.13. The number of alkyl carbamates (subject to hydrolysis) is 2. The predicted molar refractivity (Wildman–Crippen MR) is 237 cm³/mol. The summed E-state index contributed by atoms with van der Waals surface area (Å²) in [5, 5.41) is 5.28. The Morgan fingerprint density at radius 2 is 1.41 bits per heavy atom. The van der Waals surface area contributed by atoms with Crippen LogP contribution in [-0.2, 0) is 30.9 Å². The maximum absolute atomic E-state index is 14.6. The Morgan fingerprint density at radius 3 is 2.02 bits per heavy atom. The number of imidazole rings is 2. The summed E-state index contributed by atoms with van der Waals surface area (Å²) in [5.74, 6) is 0.250. The molecule has 16 nitrogen and oxygen atoms in total. The number of alkyl halides is 2. The van der Waals surface area contributed by atoms with Gasteiger partial charge >= 0.3 is 12.2 Å². The Bertz CT molecular complexity index is 2520. The molecule has 0 radical (unpaired) electrons. The van der Waals surface area contributed by atoms with Gasteiger partial charge in [0.05, 0.1) is 55.5 Å². The van der Waals surface area contributed by atoms with Crippen molar-refractivity contribution in [3.05, 3.63) is 60.4 Å². The fraction of sp³-hybridized carbons (Fsp3) is 0.542. The van der Waals surface area contributed by atoms with Crippen LogP contribution in [0.2, 0.25) is 0 Å².